The van der Waals surface area contributed by atoms with E-state index in [1.165, 1.54) is 56.2 Å². The predicted octanol–water partition coefficient (Wildman–Crippen LogP) is 9.83. The third-order valence-electron chi connectivity index (χ3n) is 9.19. The molecule has 0 bridgehead atoms. The minimum atomic E-state index is 0.0909. The van der Waals surface area contributed by atoms with E-state index in [0.717, 1.165) is 25.7 Å². The fourth-order valence-electron chi connectivity index (χ4n) is 7.17. The SMILES string of the molecule is CC(C)c1cc(-c2ccccc2)cc(C(C)C)c1N1c2ccccc2NC1C1=CCC2OC3=C(C=CCC3)C2C1. The molecule has 7 rings (SSSR count). The quantitative estimate of drug-likeness (QED) is 0.334. The van der Waals surface area contributed by atoms with Crippen LogP contribution in [0.1, 0.15) is 76.3 Å². The van der Waals surface area contributed by atoms with Crippen LogP contribution in [0, 0.1) is 5.92 Å². The maximum Gasteiger partial charge on any atom is 0.126 e. The molecule has 0 saturated heterocycles. The molecule has 2 heterocycles. The van der Waals surface area contributed by atoms with Crippen LogP contribution in [0.5, 0.6) is 0 Å². The smallest absolute Gasteiger partial charge is 0.126 e. The zero-order valence-electron chi connectivity index (χ0n) is 24.2. The Kier molecular flexibility index (Phi) is 6.34. The van der Waals surface area contributed by atoms with Crippen LogP contribution in [0.25, 0.3) is 11.1 Å². The maximum absolute atomic E-state index is 6.46. The molecule has 2 aliphatic carbocycles. The van der Waals surface area contributed by atoms with Crippen LogP contribution in [0.3, 0.4) is 0 Å². The second-order valence-corrected chi connectivity index (χ2v) is 12.4. The number of benzene rings is 3. The molecule has 204 valence electrons. The van der Waals surface area contributed by atoms with Gasteiger partial charge < -0.3 is 15.0 Å². The van der Waals surface area contributed by atoms with Gasteiger partial charge in [-0.25, -0.2) is 0 Å². The summed E-state index contributed by atoms with van der Waals surface area (Å²) in [5.41, 5.74) is 12.2. The zero-order chi connectivity index (χ0) is 27.4. The first-order valence-corrected chi connectivity index (χ1v) is 15.1. The van der Waals surface area contributed by atoms with Crippen molar-refractivity contribution in [2.45, 2.75) is 77.5 Å². The molecular weight excluding hydrogens is 488 g/mol. The molecule has 0 fully saturated rings. The third-order valence-corrected chi connectivity index (χ3v) is 9.19. The highest BCUT2D eigenvalue weighted by Gasteiger charge is 2.42. The molecule has 0 radical (unpaired) electrons. The summed E-state index contributed by atoms with van der Waals surface area (Å²) < 4.78 is 6.46. The van der Waals surface area contributed by atoms with Crippen LogP contribution in [0.15, 0.2) is 102 Å². The van der Waals surface area contributed by atoms with E-state index in [-0.39, 0.29) is 12.3 Å². The van der Waals surface area contributed by atoms with E-state index >= 15 is 0 Å². The van der Waals surface area contributed by atoms with E-state index in [1.54, 1.807) is 0 Å². The zero-order valence-corrected chi connectivity index (χ0v) is 24.2. The van der Waals surface area contributed by atoms with Crippen molar-refractivity contribution in [1.82, 2.24) is 0 Å². The summed E-state index contributed by atoms with van der Waals surface area (Å²) in [4.78, 5) is 2.63. The molecule has 0 saturated carbocycles. The molecular formula is C37H40N2O. The van der Waals surface area contributed by atoms with Gasteiger partial charge in [0, 0.05) is 18.8 Å². The van der Waals surface area contributed by atoms with E-state index in [0.29, 0.717) is 17.8 Å². The molecule has 3 heteroatoms. The number of hydrogen-bond donors (Lipinski definition) is 1. The van der Waals surface area contributed by atoms with Crippen LogP contribution in [0.2, 0.25) is 0 Å². The van der Waals surface area contributed by atoms with Crippen molar-refractivity contribution >= 4 is 17.1 Å². The summed E-state index contributed by atoms with van der Waals surface area (Å²) in [7, 11) is 0. The van der Waals surface area contributed by atoms with Gasteiger partial charge in [-0.2, -0.15) is 0 Å². The number of fused-ring (bicyclic) bond motifs is 3. The Labute approximate surface area is 239 Å². The largest absolute Gasteiger partial charge is 0.493 e. The highest BCUT2D eigenvalue weighted by atomic mass is 16.5. The first kappa shape index (κ1) is 25.3. The lowest BCUT2D eigenvalue weighted by Crippen LogP contribution is -2.38. The highest BCUT2D eigenvalue weighted by Crippen LogP contribution is 2.51. The lowest BCUT2D eigenvalue weighted by molar-refractivity contribution is 0.104. The average molecular weight is 529 g/mol. The van der Waals surface area contributed by atoms with Crippen molar-refractivity contribution in [3.05, 3.63) is 113 Å². The average Bonchev–Trinajstić information content (AvgIpc) is 3.55. The summed E-state index contributed by atoms with van der Waals surface area (Å²) in [5, 5.41) is 3.97. The first-order valence-electron chi connectivity index (χ1n) is 15.1. The molecule has 3 atom stereocenters. The summed E-state index contributed by atoms with van der Waals surface area (Å²) >= 11 is 0. The van der Waals surface area contributed by atoms with Gasteiger partial charge in [0.1, 0.15) is 18.0 Å². The Morgan fingerprint density at radius 1 is 0.875 bits per heavy atom. The molecule has 2 aliphatic heterocycles. The Bertz CT molecular complexity index is 1500. The van der Waals surface area contributed by atoms with Gasteiger partial charge in [0.2, 0.25) is 0 Å². The molecule has 0 aromatic heterocycles. The van der Waals surface area contributed by atoms with Crippen LogP contribution in [-0.4, -0.2) is 12.3 Å². The minimum absolute atomic E-state index is 0.0909. The topological polar surface area (TPSA) is 24.5 Å². The van der Waals surface area contributed by atoms with Crippen LogP contribution < -0.4 is 10.2 Å². The van der Waals surface area contributed by atoms with Crippen LogP contribution in [-0.2, 0) is 4.74 Å². The van der Waals surface area contributed by atoms with Gasteiger partial charge in [0.25, 0.3) is 0 Å². The van der Waals surface area contributed by atoms with Crippen molar-refractivity contribution in [2.75, 3.05) is 10.2 Å². The number of ether oxygens (including phenoxy) is 1. The number of nitrogens with one attached hydrogen (secondary N) is 1. The number of allylic oxidation sites excluding steroid dienone is 3. The van der Waals surface area contributed by atoms with Gasteiger partial charge in [0.15, 0.2) is 0 Å². The summed E-state index contributed by atoms with van der Waals surface area (Å²) in [5.74, 6) is 2.47. The van der Waals surface area contributed by atoms with Crippen LogP contribution in [0.4, 0.5) is 17.1 Å². The van der Waals surface area contributed by atoms with Gasteiger partial charge in [0.05, 0.1) is 17.1 Å². The maximum atomic E-state index is 6.46. The normalized spacial score (nSPS) is 23.1. The number of hydrogen-bond acceptors (Lipinski definition) is 3. The predicted molar refractivity (Wildman–Crippen MR) is 167 cm³/mol. The number of anilines is 3. The van der Waals surface area contributed by atoms with Crippen molar-refractivity contribution in [1.29, 1.82) is 0 Å². The molecule has 3 nitrogen and oxygen atoms in total. The Morgan fingerprint density at radius 2 is 1.60 bits per heavy atom. The molecule has 1 N–H and O–H groups in total. The second kappa shape index (κ2) is 10.0. The summed E-state index contributed by atoms with van der Waals surface area (Å²) in [6.07, 6.45) is 11.7. The standard InChI is InChI=1S/C37H40N2O/c1-23(2)29-21-27(25-12-6-5-7-13-25)22-30(24(3)4)36(29)39-33-16-10-9-15-32(33)38-37(39)26-18-19-35-31(20-26)28-14-8-11-17-34(28)40-35/h5-10,12-16,18,21-24,31,35,37-38H,11,17,19-20H2,1-4H3. The van der Waals surface area contributed by atoms with Gasteiger partial charge in [-0.15, -0.1) is 0 Å². The molecule has 4 aliphatic rings. The second-order valence-electron chi connectivity index (χ2n) is 12.4. The summed E-state index contributed by atoms with van der Waals surface area (Å²) in [6, 6.07) is 24.6. The lowest BCUT2D eigenvalue weighted by Gasteiger charge is -2.37. The molecule has 3 unspecified atom stereocenters. The molecule has 3 aromatic rings. The molecule has 3 aromatic carbocycles. The lowest BCUT2D eigenvalue weighted by atomic mass is 9.80. The Balaban J connectivity index is 1.36. The Morgan fingerprint density at radius 3 is 2.35 bits per heavy atom. The summed E-state index contributed by atoms with van der Waals surface area (Å²) in [6.45, 7) is 9.36. The van der Waals surface area contributed by atoms with E-state index in [9.17, 15) is 0 Å². The molecule has 0 spiro atoms. The van der Waals surface area contributed by atoms with Gasteiger partial charge in [-0.3, -0.25) is 0 Å². The Hall–Kier alpha value is -3.72. The van der Waals surface area contributed by atoms with Crippen molar-refractivity contribution in [2.24, 2.45) is 5.92 Å². The monoisotopic (exact) mass is 528 g/mol. The minimum Gasteiger partial charge on any atom is -0.493 e. The van der Waals surface area contributed by atoms with Crippen LogP contribution >= 0.6 is 0 Å². The van der Waals surface area contributed by atoms with Gasteiger partial charge in [-0.1, -0.05) is 88.4 Å². The fraction of sp³-hybridized carbons (Fsp3) is 0.351. The number of rotatable bonds is 5. The number of nitrogens with zero attached hydrogens (tertiary/aromatic N) is 1. The van der Waals surface area contributed by atoms with E-state index in [1.807, 2.05) is 0 Å². The van der Waals surface area contributed by atoms with Gasteiger partial charge in [-0.05, 0) is 82.3 Å². The van der Waals surface area contributed by atoms with Crippen molar-refractivity contribution in [3.8, 4) is 11.1 Å². The highest BCUT2D eigenvalue weighted by molar-refractivity contribution is 5.87. The van der Waals surface area contributed by atoms with E-state index in [4.69, 9.17) is 4.74 Å². The first-order chi connectivity index (χ1) is 19.5. The van der Waals surface area contributed by atoms with E-state index < -0.39 is 0 Å². The fourth-order valence-corrected chi connectivity index (χ4v) is 7.17. The third kappa shape index (κ3) is 4.18. The number of para-hydroxylation sites is 2. The molecule has 40 heavy (non-hydrogen) atoms. The van der Waals surface area contributed by atoms with Gasteiger partial charge >= 0.3 is 0 Å². The van der Waals surface area contributed by atoms with Crippen molar-refractivity contribution in [3.63, 3.8) is 0 Å². The molecule has 0 amide bonds. The van der Waals surface area contributed by atoms with E-state index in [2.05, 4.69) is 123 Å². The van der Waals surface area contributed by atoms with Crippen molar-refractivity contribution < 1.29 is 4.74 Å².